The quantitative estimate of drug-likeness (QED) is 0.438. The molecule has 86 valence electrons. The van der Waals surface area contributed by atoms with Crippen molar-refractivity contribution in [1.29, 1.82) is 10.5 Å². The third-order valence-corrected chi connectivity index (χ3v) is 0. The Morgan fingerprint density at radius 1 is 0.600 bits per heavy atom. The Balaban J connectivity index is -0.0000000218. The van der Waals surface area contributed by atoms with Gasteiger partial charge in [-0.1, -0.05) is 0 Å². The molecule has 0 aromatic rings. The molecule has 15 heavy (non-hydrogen) atoms. The van der Waals surface area contributed by atoms with Crippen molar-refractivity contribution in [3.05, 3.63) is 0 Å². The molecule has 0 aliphatic carbocycles. The van der Waals surface area contributed by atoms with Gasteiger partial charge in [0.05, 0.1) is 0 Å². The van der Waals surface area contributed by atoms with Crippen LogP contribution in [-0.2, 0) is 0 Å². The summed E-state index contributed by atoms with van der Waals surface area (Å²) in [6, 6.07) is 0. The van der Waals surface area contributed by atoms with Crippen LogP contribution >= 0.6 is 0 Å². The third-order valence-electron chi connectivity index (χ3n) is 0. The molecule has 0 radical (unpaired) electrons. The molecule has 0 N–H and O–H groups in total. The van der Waals surface area contributed by atoms with Crippen molar-refractivity contribution >= 4 is 14.5 Å². The van der Waals surface area contributed by atoms with Gasteiger partial charge in [0.1, 0.15) is 0 Å². The van der Waals surface area contributed by atoms with Gasteiger partial charge in [-0.05, 0) is 0 Å². The molecule has 0 aliphatic heterocycles. The first-order valence-corrected chi connectivity index (χ1v) is 2.26. The zero-order chi connectivity index (χ0) is 13.0. The molecule has 2 nitrogen and oxygen atoms in total. The van der Waals surface area contributed by atoms with Gasteiger partial charge in [0.25, 0.3) is 0 Å². The van der Waals surface area contributed by atoms with E-state index in [2.05, 4.69) is 13.1 Å². The zero-order valence-electron chi connectivity index (χ0n) is 8.23. The molecule has 0 fully saturated rings. The SMILES string of the molecule is C#N.C#N.F[B-](F)(F)F.F[B-](F)(F)F.[H-].[Li+]. The van der Waals surface area contributed by atoms with Gasteiger partial charge >= 0.3 is 33.4 Å². The number of hydrogen-bond donors (Lipinski definition) is 0. The number of nitrogens with zero attached hydrogens (tertiary/aromatic N) is 2. The van der Waals surface area contributed by atoms with Crippen LogP contribution in [0.2, 0.25) is 0 Å². The van der Waals surface area contributed by atoms with Crippen LogP contribution in [0.25, 0.3) is 0 Å². The maximum absolute atomic E-state index is 9.75. The van der Waals surface area contributed by atoms with E-state index < -0.39 is 14.5 Å². The Morgan fingerprint density at radius 2 is 0.600 bits per heavy atom. The van der Waals surface area contributed by atoms with Crippen molar-refractivity contribution in [3.63, 3.8) is 0 Å². The van der Waals surface area contributed by atoms with Crippen LogP contribution in [0.1, 0.15) is 1.43 Å². The van der Waals surface area contributed by atoms with E-state index in [4.69, 9.17) is 10.5 Å². The summed E-state index contributed by atoms with van der Waals surface area (Å²) in [6.07, 6.45) is 0. The van der Waals surface area contributed by atoms with Crippen molar-refractivity contribution < 1.29 is 54.8 Å². The summed E-state index contributed by atoms with van der Waals surface area (Å²) in [6.45, 7) is 7.00. The average Bonchev–Trinajstić information content (AvgIpc) is 1.88. The van der Waals surface area contributed by atoms with Crippen LogP contribution < -0.4 is 18.9 Å². The molecule has 0 spiro atoms. The van der Waals surface area contributed by atoms with Gasteiger partial charge in [-0.15, -0.1) is 0 Å². The van der Waals surface area contributed by atoms with Crippen LogP contribution in [0.3, 0.4) is 0 Å². The molecule has 0 bridgehead atoms. The summed E-state index contributed by atoms with van der Waals surface area (Å²) in [4.78, 5) is 0. The van der Waals surface area contributed by atoms with E-state index in [1.165, 1.54) is 0 Å². The minimum Gasteiger partial charge on any atom is -1.00 e. The third kappa shape index (κ3) is 2250. The Bertz CT molecular complexity index is 126. The van der Waals surface area contributed by atoms with Crippen LogP contribution in [0.5, 0.6) is 0 Å². The molecule has 0 saturated carbocycles. The molecule has 13 heteroatoms. The van der Waals surface area contributed by atoms with Crippen molar-refractivity contribution in [3.8, 4) is 13.1 Å². The monoisotopic (exact) mass is 236 g/mol. The predicted octanol–water partition coefficient (Wildman–Crippen LogP) is -0.00394. The first-order valence-electron chi connectivity index (χ1n) is 2.26. The van der Waals surface area contributed by atoms with Gasteiger partial charge in [-0.3, -0.25) is 0 Å². The zero-order valence-corrected chi connectivity index (χ0v) is 7.23. The molecule has 0 aromatic heterocycles. The maximum Gasteiger partial charge on any atom is 1.00 e. The summed E-state index contributed by atoms with van der Waals surface area (Å²) in [5.41, 5.74) is 0. The number of rotatable bonds is 0. The van der Waals surface area contributed by atoms with Gasteiger partial charge in [0.2, 0.25) is 0 Å². The second-order valence-corrected chi connectivity index (χ2v) is 0.990. The fourth-order valence-electron chi connectivity index (χ4n) is 0. The summed E-state index contributed by atoms with van der Waals surface area (Å²) < 4.78 is 78.0. The number of nitriles is 2. The summed E-state index contributed by atoms with van der Waals surface area (Å²) in [5, 5.41) is 13.0. The average molecular weight is 236 g/mol. The largest absolute Gasteiger partial charge is 1.00 e. The van der Waals surface area contributed by atoms with E-state index >= 15 is 0 Å². The van der Waals surface area contributed by atoms with Crippen LogP contribution in [0.4, 0.5) is 34.5 Å². The van der Waals surface area contributed by atoms with Crippen LogP contribution in [0.15, 0.2) is 0 Å². The Kier molecular flexibility index (Phi) is 30.4. The molecular formula is C2H3B2F8LiN2-2. The molecule has 0 heterocycles. The smallest absolute Gasteiger partial charge is 1.00 e. The molecule has 0 aliphatic rings. The van der Waals surface area contributed by atoms with Gasteiger partial charge < -0.3 is 36.0 Å². The molecule has 0 atom stereocenters. The molecule has 0 amide bonds. The Morgan fingerprint density at radius 3 is 0.600 bits per heavy atom. The van der Waals surface area contributed by atoms with Crippen molar-refractivity contribution in [1.82, 2.24) is 0 Å². The maximum atomic E-state index is 9.75. The summed E-state index contributed by atoms with van der Waals surface area (Å²) in [7, 11) is -12.0. The minimum atomic E-state index is -6.00. The van der Waals surface area contributed by atoms with Crippen molar-refractivity contribution in [2.75, 3.05) is 0 Å². The van der Waals surface area contributed by atoms with Crippen LogP contribution in [0, 0.1) is 23.7 Å². The van der Waals surface area contributed by atoms with E-state index in [9.17, 15) is 34.5 Å². The predicted molar refractivity (Wildman–Crippen MR) is 34.8 cm³/mol. The fourth-order valence-corrected chi connectivity index (χ4v) is 0. The minimum absolute atomic E-state index is 0. The summed E-state index contributed by atoms with van der Waals surface area (Å²) in [5.74, 6) is 0. The fraction of sp³-hybridized carbons (Fsp3) is 0. The summed E-state index contributed by atoms with van der Waals surface area (Å²) >= 11 is 0. The van der Waals surface area contributed by atoms with E-state index in [0.717, 1.165) is 0 Å². The molecule has 0 rings (SSSR count). The van der Waals surface area contributed by atoms with E-state index in [1.807, 2.05) is 0 Å². The van der Waals surface area contributed by atoms with Crippen LogP contribution in [-0.4, -0.2) is 14.5 Å². The second-order valence-electron chi connectivity index (χ2n) is 0.990. The molecule has 0 saturated heterocycles. The Labute approximate surface area is 93.7 Å². The normalized spacial score (nSPS) is 8.27. The second kappa shape index (κ2) is 15.6. The van der Waals surface area contributed by atoms with Crippen molar-refractivity contribution in [2.45, 2.75) is 0 Å². The van der Waals surface area contributed by atoms with E-state index in [-0.39, 0.29) is 20.3 Å². The van der Waals surface area contributed by atoms with E-state index in [0.29, 0.717) is 0 Å². The molecule has 0 aromatic carbocycles. The van der Waals surface area contributed by atoms with Gasteiger partial charge in [-0.2, -0.15) is 0 Å². The van der Waals surface area contributed by atoms with E-state index in [1.54, 1.807) is 0 Å². The van der Waals surface area contributed by atoms with Gasteiger partial charge in [-0.25, -0.2) is 10.5 Å². The first kappa shape index (κ1) is 29.2. The topological polar surface area (TPSA) is 47.6 Å². The molecular weight excluding hydrogens is 233 g/mol. The number of hydrogen-bond acceptors (Lipinski definition) is 2. The first-order chi connectivity index (χ1) is 6.00. The standard InChI is InChI=1S/2CHN.2BF4.Li.H/c2*1-2;2*2-1(3,4)5;;/h2*1H;;;;/q;;2*-1;+1;-1. The number of halogens is 8. The van der Waals surface area contributed by atoms with Gasteiger partial charge in [0, 0.05) is 13.1 Å². The van der Waals surface area contributed by atoms with Crippen molar-refractivity contribution in [2.24, 2.45) is 0 Å². The Hall–Kier alpha value is -0.853. The molecule has 0 unspecified atom stereocenters. The van der Waals surface area contributed by atoms with Gasteiger partial charge in [0.15, 0.2) is 0 Å².